The van der Waals surface area contributed by atoms with Gasteiger partial charge in [0.15, 0.2) is 0 Å². The van der Waals surface area contributed by atoms with Gasteiger partial charge in [0.25, 0.3) is 0 Å². The first-order valence-electron chi connectivity index (χ1n) is 8.80. The number of rotatable bonds is 7. The maximum atomic E-state index is 12.0. The summed E-state index contributed by atoms with van der Waals surface area (Å²) < 4.78 is 15.6. The Balaban J connectivity index is 1.63. The van der Waals surface area contributed by atoms with E-state index in [0.29, 0.717) is 5.75 Å². The van der Waals surface area contributed by atoms with Crippen LogP contribution in [-0.4, -0.2) is 12.6 Å². The highest BCUT2D eigenvalue weighted by Crippen LogP contribution is 2.25. The molecule has 27 heavy (non-hydrogen) atoms. The molecule has 0 saturated carbocycles. The first-order chi connectivity index (χ1) is 13.2. The summed E-state index contributed by atoms with van der Waals surface area (Å²) >= 11 is 0. The molecule has 0 aliphatic carbocycles. The van der Waals surface area contributed by atoms with E-state index in [1.165, 1.54) is 12.1 Å². The molecule has 0 unspecified atom stereocenters. The highest BCUT2D eigenvalue weighted by atomic mass is 16.5. The Morgan fingerprint density at radius 2 is 1.52 bits per heavy atom. The van der Waals surface area contributed by atoms with E-state index in [1.807, 2.05) is 36.4 Å². The lowest BCUT2D eigenvalue weighted by atomic mass is 10.1. The summed E-state index contributed by atoms with van der Waals surface area (Å²) in [6.07, 6.45) is 3.23. The SMILES string of the molecule is CCCCOc1ccc(-c2ccc(OC(=O)c3ccc(=O)oc3)cc2)cc1. The van der Waals surface area contributed by atoms with Crippen LogP contribution >= 0.6 is 0 Å². The minimum atomic E-state index is -0.583. The molecule has 1 aromatic heterocycles. The number of hydrogen-bond donors (Lipinski definition) is 0. The van der Waals surface area contributed by atoms with Gasteiger partial charge in [0.2, 0.25) is 0 Å². The minimum absolute atomic E-state index is 0.178. The van der Waals surface area contributed by atoms with Crippen LogP contribution in [0.5, 0.6) is 11.5 Å². The maximum absolute atomic E-state index is 12.0. The lowest BCUT2D eigenvalue weighted by Crippen LogP contribution is -2.09. The molecule has 0 aliphatic rings. The van der Waals surface area contributed by atoms with E-state index in [1.54, 1.807) is 12.1 Å². The van der Waals surface area contributed by atoms with Crippen LogP contribution in [0.15, 0.2) is 76.1 Å². The third-order valence-electron chi connectivity index (χ3n) is 3.96. The smallest absolute Gasteiger partial charge is 0.346 e. The van der Waals surface area contributed by atoms with Crippen molar-refractivity contribution >= 4 is 5.97 Å². The van der Waals surface area contributed by atoms with Gasteiger partial charge in [-0.25, -0.2) is 9.59 Å². The Morgan fingerprint density at radius 3 is 2.07 bits per heavy atom. The summed E-state index contributed by atoms with van der Waals surface area (Å²) in [6.45, 7) is 2.85. The van der Waals surface area contributed by atoms with Crippen molar-refractivity contribution in [1.82, 2.24) is 0 Å². The summed E-state index contributed by atoms with van der Waals surface area (Å²) in [5.74, 6) is 0.682. The fraction of sp³-hybridized carbons (Fsp3) is 0.182. The summed E-state index contributed by atoms with van der Waals surface area (Å²) in [5.41, 5.74) is 1.70. The average Bonchev–Trinajstić information content (AvgIpc) is 2.70. The molecule has 5 nitrogen and oxygen atoms in total. The Bertz CT molecular complexity index is 919. The Labute approximate surface area is 157 Å². The highest BCUT2D eigenvalue weighted by Gasteiger charge is 2.09. The number of hydrogen-bond acceptors (Lipinski definition) is 5. The molecule has 1 heterocycles. The molecule has 0 spiro atoms. The molecule has 0 aliphatic heterocycles. The number of carbonyl (C=O) groups is 1. The molecule has 2 aromatic carbocycles. The van der Waals surface area contributed by atoms with Crippen LogP contribution in [0, 0.1) is 0 Å². The van der Waals surface area contributed by atoms with E-state index < -0.39 is 11.6 Å². The molecule has 0 radical (unpaired) electrons. The lowest BCUT2D eigenvalue weighted by molar-refractivity contribution is 0.0732. The van der Waals surface area contributed by atoms with Gasteiger partial charge in [0, 0.05) is 6.07 Å². The van der Waals surface area contributed by atoms with Gasteiger partial charge in [0.1, 0.15) is 17.8 Å². The summed E-state index contributed by atoms with van der Waals surface area (Å²) in [4.78, 5) is 23.0. The number of benzene rings is 2. The second-order valence-electron chi connectivity index (χ2n) is 5.98. The second-order valence-corrected chi connectivity index (χ2v) is 5.98. The topological polar surface area (TPSA) is 65.7 Å². The number of unbranched alkanes of at least 4 members (excludes halogenated alkanes) is 1. The Hall–Kier alpha value is -3.34. The van der Waals surface area contributed by atoms with Crippen LogP contribution < -0.4 is 15.1 Å². The van der Waals surface area contributed by atoms with Crippen molar-refractivity contribution in [3.63, 3.8) is 0 Å². The van der Waals surface area contributed by atoms with Crippen molar-refractivity contribution in [2.45, 2.75) is 19.8 Å². The van der Waals surface area contributed by atoms with Crippen LogP contribution in [0.25, 0.3) is 11.1 Å². The molecule has 3 aromatic rings. The zero-order valence-corrected chi connectivity index (χ0v) is 15.0. The molecule has 5 heteroatoms. The molecule has 3 rings (SSSR count). The van der Waals surface area contributed by atoms with E-state index in [0.717, 1.165) is 42.6 Å². The largest absolute Gasteiger partial charge is 0.494 e. The van der Waals surface area contributed by atoms with Crippen molar-refractivity contribution in [3.05, 3.63) is 82.9 Å². The second kappa shape index (κ2) is 8.85. The molecule has 0 fully saturated rings. The standard InChI is InChI=1S/C22H20O5/c1-2-3-14-25-19-9-4-16(5-10-19)17-6-11-20(12-7-17)27-22(24)18-8-13-21(23)26-15-18/h4-13,15H,2-3,14H2,1H3. The van der Waals surface area contributed by atoms with Crippen molar-refractivity contribution in [3.8, 4) is 22.6 Å². The van der Waals surface area contributed by atoms with E-state index in [-0.39, 0.29) is 5.56 Å². The molecular formula is C22H20O5. The number of carbonyl (C=O) groups excluding carboxylic acids is 1. The molecular weight excluding hydrogens is 344 g/mol. The van der Waals surface area contributed by atoms with Crippen LogP contribution in [-0.2, 0) is 0 Å². The zero-order chi connectivity index (χ0) is 19.1. The predicted molar refractivity (Wildman–Crippen MR) is 102 cm³/mol. The summed E-state index contributed by atoms with van der Waals surface area (Å²) in [7, 11) is 0. The van der Waals surface area contributed by atoms with Gasteiger partial charge >= 0.3 is 11.6 Å². The minimum Gasteiger partial charge on any atom is -0.494 e. The fourth-order valence-electron chi connectivity index (χ4n) is 2.43. The molecule has 0 bridgehead atoms. The fourth-order valence-corrected chi connectivity index (χ4v) is 2.43. The van der Waals surface area contributed by atoms with Crippen molar-refractivity contribution < 1.29 is 18.7 Å². The van der Waals surface area contributed by atoms with Crippen LogP contribution in [0.4, 0.5) is 0 Å². The van der Waals surface area contributed by atoms with E-state index in [9.17, 15) is 9.59 Å². The van der Waals surface area contributed by atoms with E-state index in [4.69, 9.17) is 9.47 Å². The maximum Gasteiger partial charge on any atom is 0.346 e. The molecule has 138 valence electrons. The van der Waals surface area contributed by atoms with Gasteiger partial charge < -0.3 is 13.9 Å². The Morgan fingerprint density at radius 1 is 0.889 bits per heavy atom. The first-order valence-corrected chi connectivity index (χ1v) is 8.80. The van der Waals surface area contributed by atoms with Gasteiger partial charge in [-0.05, 0) is 47.9 Å². The van der Waals surface area contributed by atoms with E-state index >= 15 is 0 Å². The van der Waals surface area contributed by atoms with Gasteiger partial charge in [-0.15, -0.1) is 0 Å². The number of ether oxygens (including phenoxy) is 2. The van der Waals surface area contributed by atoms with Crippen LogP contribution in [0.3, 0.4) is 0 Å². The third-order valence-corrected chi connectivity index (χ3v) is 3.96. The molecule has 0 atom stereocenters. The summed E-state index contributed by atoms with van der Waals surface area (Å²) in [5, 5.41) is 0. The van der Waals surface area contributed by atoms with Gasteiger partial charge in [-0.2, -0.15) is 0 Å². The summed E-state index contributed by atoms with van der Waals surface area (Å²) in [6, 6.07) is 17.6. The quantitative estimate of drug-likeness (QED) is 0.345. The highest BCUT2D eigenvalue weighted by molar-refractivity contribution is 5.90. The monoisotopic (exact) mass is 364 g/mol. The van der Waals surface area contributed by atoms with Crippen LogP contribution in [0.2, 0.25) is 0 Å². The molecule has 0 saturated heterocycles. The number of esters is 1. The van der Waals surface area contributed by atoms with Crippen LogP contribution in [0.1, 0.15) is 30.1 Å². The molecule has 0 amide bonds. The van der Waals surface area contributed by atoms with Gasteiger partial charge in [-0.1, -0.05) is 37.6 Å². The van der Waals surface area contributed by atoms with Gasteiger partial charge in [0.05, 0.1) is 12.2 Å². The predicted octanol–water partition coefficient (Wildman–Crippen LogP) is 4.70. The lowest BCUT2D eigenvalue weighted by Gasteiger charge is -2.08. The van der Waals surface area contributed by atoms with E-state index in [2.05, 4.69) is 11.3 Å². The average molecular weight is 364 g/mol. The van der Waals surface area contributed by atoms with Crippen molar-refractivity contribution in [1.29, 1.82) is 0 Å². The van der Waals surface area contributed by atoms with Crippen molar-refractivity contribution in [2.24, 2.45) is 0 Å². The zero-order valence-electron chi connectivity index (χ0n) is 15.0. The van der Waals surface area contributed by atoms with Crippen molar-refractivity contribution in [2.75, 3.05) is 6.61 Å². The van der Waals surface area contributed by atoms with Gasteiger partial charge in [-0.3, -0.25) is 0 Å². The molecule has 0 N–H and O–H groups in total. The third kappa shape index (κ3) is 5.07. The Kier molecular flexibility index (Phi) is 6.05. The normalized spacial score (nSPS) is 10.4. The first kappa shape index (κ1) is 18.5.